The Bertz CT molecular complexity index is 885. The molecule has 0 aromatic heterocycles. The van der Waals surface area contributed by atoms with E-state index in [-0.39, 0.29) is 29.9 Å². The Morgan fingerprint density at radius 2 is 1.90 bits per heavy atom. The molecule has 1 saturated heterocycles. The molecular formula is C22H27N3O5. The number of likely N-dealkylation sites (tertiary alicyclic amines) is 1. The lowest BCUT2D eigenvalue weighted by Crippen LogP contribution is -2.36. The summed E-state index contributed by atoms with van der Waals surface area (Å²) < 4.78 is 10.5. The lowest BCUT2D eigenvalue weighted by atomic mass is 10.0. The van der Waals surface area contributed by atoms with Crippen molar-refractivity contribution in [3.8, 4) is 11.5 Å². The topological polar surface area (TPSA) is 93.9 Å². The van der Waals surface area contributed by atoms with Crippen LogP contribution in [0.2, 0.25) is 0 Å². The van der Waals surface area contributed by atoms with Crippen molar-refractivity contribution in [2.24, 2.45) is 0 Å². The van der Waals surface area contributed by atoms with E-state index in [0.717, 1.165) is 38.0 Å². The fourth-order valence-electron chi connectivity index (χ4n) is 3.83. The summed E-state index contributed by atoms with van der Waals surface area (Å²) in [6, 6.07) is 12.3. The first-order valence-corrected chi connectivity index (χ1v) is 10.0. The smallest absolute Gasteiger partial charge is 0.273 e. The fraction of sp³-hybridized carbons (Fsp3) is 0.409. The quantitative estimate of drug-likeness (QED) is 0.541. The minimum absolute atomic E-state index is 0.0862. The first-order chi connectivity index (χ1) is 14.5. The van der Waals surface area contributed by atoms with E-state index in [1.54, 1.807) is 7.11 Å². The summed E-state index contributed by atoms with van der Waals surface area (Å²) in [5.74, 6) is 0.893. The fourth-order valence-corrected chi connectivity index (χ4v) is 3.83. The van der Waals surface area contributed by atoms with Crippen LogP contribution in [0.25, 0.3) is 0 Å². The van der Waals surface area contributed by atoms with Gasteiger partial charge in [-0.2, -0.15) is 0 Å². The molecule has 1 heterocycles. The van der Waals surface area contributed by atoms with E-state index < -0.39 is 4.92 Å². The number of rotatable bonds is 7. The predicted octanol–water partition coefficient (Wildman–Crippen LogP) is 4.17. The molecule has 1 fully saturated rings. The van der Waals surface area contributed by atoms with Crippen molar-refractivity contribution < 1.29 is 19.2 Å². The first-order valence-electron chi connectivity index (χ1n) is 10.0. The molecule has 1 aliphatic rings. The second-order valence-electron chi connectivity index (χ2n) is 7.30. The molecule has 0 radical (unpaired) electrons. The van der Waals surface area contributed by atoms with E-state index in [4.69, 9.17) is 9.47 Å². The van der Waals surface area contributed by atoms with Gasteiger partial charge in [-0.1, -0.05) is 25.0 Å². The van der Waals surface area contributed by atoms with Crippen LogP contribution in [0.15, 0.2) is 42.5 Å². The van der Waals surface area contributed by atoms with E-state index in [2.05, 4.69) is 22.3 Å². The standard InChI is InChI=1S/C22H27N3O5/c1-29-18-10-7-16(8-11-18)20-6-4-3-5-13-24(20)15-22(26)23-19-12-9-17(25(27)28)14-21(19)30-2/h7-12,14,20H,3-6,13,15H2,1-2H3,(H,23,26)/t20-/m0/s1. The van der Waals surface area contributed by atoms with Gasteiger partial charge in [0, 0.05) is 12.1 Å². The third kappa shape index (κ3) is 5.27. The average Bonchev–Trinajstić information content (AvgIpc) is 2.99. The molecule has 3 rings (SSSR count). The number of ether oxygens (including phenoxy) is 2. The highest BCUT2D eigenvalue weighted by Crippen LogP contribution is 2.32. The Morgan fingerprint density at radius 1 is 1.13 bits per heavy atom. The van der Waals surface area contributed by atoms with Gasteiger partial charge in [-0.25, -0.2) is 0 Å². The summed E-state index contributed by atoms with van der Waals surface area (Å²) in [5, 5.41) is 13.8. The highest BCUT2D eigenvalue weighted by Gasteiger charge is 2.25. The van der Waals surface area contributed by atoms with Gasteiger partial charge in [0.05, 0.1) is 37.4 Å². The monoisotopic (exact) mass is 413 g/mol. The van der Waals surface area contributed by atoms with Crippen LogP contribution in [0.4, 0.5) is 11.4 Å². The lowest BCUT2D eigenvalue weighted by Gasteiger charge is -2.30. The van der Waals surface area contributed by atoms with Crippen LogP contribution >= 0.6 is 0 Å². The summed E-state index contributed by atoms with van der Waals surface area (Å²) in [5.41, 5.74) is 1.50. The molecule has 0 spiro atoms. The molecule has 0 saturated carbocycles. The number of carbonyl (C=O) groups is 1. The van der Waals surface area contributed by atoms with Gasteiger partial charge in [0.1, 0.15) is 11.5 Å². The number of nitro groups is 1. The minimum atomic E-state index is -0.495. The second kappa shape index (κ2) is 10.1. The SMILES string of the molecule is COc1ccc([C@@H]2CCCCCN2CC(=O)Nc2ccc([N+](=O)[O-])cc2OC)cc1. The maximum absolute atomic E-state index is 12.8. The molecule has 8 nitrogen and oxygen atoms in total. The molecular weight excluding hydrogens is 386 g/mol. The van der Waals surface area contributed by atoms with Crippen LogP contribution in [-0.4, -0.2) is 43.0 Å². The Morgan fingerprint density at radius 3 is 2.57 bits per heavy atom. The van der Waals surface area contributed by atoms with Gasteiger partial charge in [0.15, 0.2) is 0 Å². The van der Waals surface area contributed by atoms with Crippen LogP contribution in [0.5, 0.6) is 11.5 Å². The molecule has 1 N–H and O–H groups in total. The third-order valence-corrected chi connectivity index (χ3v) is 5.38. The second-order valence-corrected chi connectivity index (χ2v) is 7.30. The summed E-state index contributed by atoms with van der Waals surface area (Å²) in [4.78, 5) is 25.5. The largest absolute Gasteiger partial charge is 0.497 e. The number of hydrogen-bond acceptors (Lipinski definition) is 6. The Kier molecular flexibility index (Phi) is 7.24. The van der Waals surface area contributed by atoms with Gasteiger partial charge < -0.3 is 14.8 Å². The number of carbonyl (C=O) groups excluding carboxylic acids is 1. The van der Waals surface area contributed by atoms with E-state index in [9.17, 15) is 14.9 Å². The van der Waals surface area contributed by atoms with E-state index in [0.29, 0.717) is 5.69 Å². The predicted molar refractivity (Wildman–Crippen MR) is 114 cm³/mol. The van der Waals surface area contributed by atoms with Gasteiger partial charge in [0.25, 0.3) is 5.69 Å². The highest BCUT2D eigenvalue weighted by molar-refractivity contribution is 5.94. The van der Waals surface area contributed by atoms with E-state index in [1.807, 2.05) is 12.1 Å². The lowest BCUT2D eigenvalue weighted by molar-refractivity contribution is -0.384. The van der Waals surface area contributed by atoms with Gasteiger partial charge in [-0.05, 0) is 43.1 Å². The van der Waals surface area contributed by atoms with Gasteiger partial charge in [-0.3, -0.25) is 19.8 Å². The van der Waals surface area contributed by atoms with Crippen molar-refractivity contribution in [1.82, 2.24) is 4.90 Å². The number of methoxy groups -OCH3 is 2. The number of amides is 1. The van der Waals surface area contributed by atoms with Crippen molar-refractivity contribution in [2.45, 2.75) is 31.7 Å². The highest BCUT2D eigenvalue weighted by atomic mass is 16.6. The maximum atomic E-state index is 12.8. The van der Waals surface area contributed by atoms with Crippen molar-refractivity contribution in [2.75, 3.05) is 32.6 Å². The summed E-state index contributed by atoms with van der Waals surface area (Å²) >= 11 is 0. The molecule has 1 amide bonds. The number of nitrogens with zero attached hydrogens (tertiary/aromatic N) is 2. The zero-order chi connectivity index (χ0) is 21.5. The number of nitrogens with one attached hydrogen (secondary N) is 1. The molecule has 160 valence electrons. The van der Waals surface area contributed by atoms with Gasteiger partial charge in [0.2, 0.25) is 5.91 Å². The molecule has 0 unspecified atom stereocenters. The first kappa shape index (κ1) is 21.6. The number of anilines is 1. The van der Waals surface area contributed by atoms with Gasteiger partial charge in [-0.15, -0.1) is 0 Å². The molecule has 2 aromatic rings. The molecule has 2 aromatic carbocycles. The number of nitro benzene ring substituents is 1. The van der Waals surface area contributed by atoms with E-state index in [1.165, 1.54) is 30.9 Å². The van der Waals surface area contributed by atoms with Crippen LogP contribution in [0.3, 0.4) is 0 Å². The molecule has 1 aliphatic heterocycles. The number of hydrogen-bond donors (Lipinski definition) is 1. The van der Waals surface area contributed by atoms with Crippen LogP contribution in [0, 0.1) is 10.1 Å². The number of non-ortho nitro benzene ring substituents is 1. The Balaban J connectivity index is 1.73. The van der Waals surface area contributed by atoms with Crippen LogP contribution in [-0.2, 0) is 4.79 Å². The van der Waals surface area contributed by atoms with Crippen molar-refractivity contribution >= 4 is 17.3 Å². The average molecular weight is 413 g/mol. The molecule has 30 heavy (non-hydrogen) atoms. The van der Waals surface area contributed by atoms with E-state index >= 15 is 0 Å². The van der Waals surface area contributed by atoms with Crippen molar-refractivity contribution in [3.63, 3.8) is 0 Å². The molecule has 0 aliphatic carbocycles. The zero-order valence-electron chi connectivity index (χ0n) is 17.3. The van der Waals surface area contributed by atoms with Crippen LogP contribution < -0.4 is 14.8 Å². The summed E-state index contributed by atoms with van der Waals surface area (Å²) in [6.07, 6.45) is 4.28. The number of benzene rings is 2. The Hall–Kier alpha value is -3.13. The Labute approximate surface area is 175 Å². The summed E-state index contributed by atoms with van der Waals surface area (Å²) in [7, 11) is 3.06. The van der Waals surface area contributed by atoms with Crippen molar-refractivity contribution in [3.05, 3.63) is 58.1 Å². The summed E-state index contributed by atoms with van der Waals surface area (Å²) in [6.45, 7) is 1.07. The molecule has 1 atom stereocenters. The minimum Gasteiger partial charge on any atom is -0.497 e. The van der Waals surface area contributed by atoms with Crippen molar-refractivity contribution in [1.29, 1.82) is 0 Å². The molecule has 0 bridgehead atoms. The maximum Gasteiger partial charge on any atom is 0.273 e. The van der Waals surface area contributed by atoms with Crippen LogP contribution in [0.1, 0.15) is 37.3 Å². The zero-order valence-corrected chi connectivity index (χ0v) is 17.3. The van der Waals surface area contributed by atoms with Gasteiger partial charge >= 0.3 is 0 Å². The normalized spacial score (nSPS) is 17.1. The third-order valence-electron chi connectivity index (χ3n) is 5.38. The molecule has 8 heteroatoms.